The Labute approximate surface area is 149 Å². The Morgan fingerprint density at radius 2 is 1.77 bits per heavy atom. The van der Waals surface area contributed by atoms with Gasteiger partial charge in [0, 0.05) is 18.0 Å². The monoisotopic (exact) mass is 353 g/mol. The number of amides is 1. The first-order valence-electron chi connectivity index (χ1n) is 7.99. The average molecular weight is 353 g/mol. The van der Waals surface area contributed by atoms with E-state index in [2.05, 4.69) is 15.6 Å². The van der Waals surface area contributed by atoms with Crippen molar-refractivity contribution in [1.29, 1.82) is 0 Å². The van der Waals surface area contributed by atoms with Crippen LogP contribution in [0.4, 0.5) is 26.0 Å². The highest BCUT2D eigenvalue weighted by molar-refractivity contribution is 6.04. The van der Waals surface area contributed by atoms with E-state index in [0.29, 0.717) is 17.1 Å². The molecule has 0 unspecified atom stereocenters. The van der Waals surface area contributed by atoms with E-state index in [4.69, 9.17) is 0 Å². The molecule has 0 bridgehead atoms. The van der Waals surface area contributed by atoms with Crippen molar-refractivity contribution in [3.63, 3.8) is 0 Å². The van der Waals surface area contributed by atoms with Crippen molar-refractivity contribution in [3.05, 3.63) is 83.1 Å². The Bertz CT molecular complexity index is 956. The van der Waals surface area contributed by atoms with Gasteiger partial charge >= 0.3 is 0 Å². The van der Waals surface area contributed by atoms with Gasteiger partial charge in [-0.05, 0) is 61.4 Å². The number of carbonyl (C=O) groups is 1. The van der Waals surface area contributed by atoms with E-state index in [1.54, 1.807) is 12.1 Å². The van der Waals surface area contributed by atoms with Crippen LogP contribution in [0.1, 0.15) is 21.5 Å². The molecule has 4 nitrogen and oxygen atoms in total. The summed E-state index contributed by atoms with van der Waals surface area (Å²) in [5.41, 5.74) is 3.41. The largest absolute Gasteiger partial charge is 0.338 e. The van der Waals surface area contributed by atoms with Gasteiger partial charge in [0.2, 0.25) is 0 Å². The summed E-state index contributed by atoms with van der Waals surface area (Å²) in [4.78, 5) is 16.4. The standard InChI is InChI=1S/C20H17F2N3O/c1-12-3-6-16(9-13(12)2)24-20(26)14-4-8-19(23-11-14)25-18-7-5-15(21)10-17(18)22/h3-11H,1-2H3,(H,23,25)(H,24,26). The van der Waals surface area contributed by atoms with Gasteiger partial charge in [-0.3, -0.25) is 4.79 Å². The fourth-order valence-electron chi connectivity index (χ4n) is 2.35. The molecule has 3 rings (SSSR count). The lowest BCUT2D eigenvalue weighted by Crippen LogP contribution is -2.12. The molecule has 6 heteroatoms. The molecule has 2 aromatic carbocycles. The predicted octanol–water partition coefficient (Wildman–Crippen LogP) is 4.97. The maximum Gasteiger partial charge on any atom is 0.257 e. The summed E-state index contributed by atoms with van der Waals surface area (Å²) in [5, 5.41) is 5.55. The highest BCUT2D eigenvalue weighted by Crippen LogP contribution is 2.20. The third kappa shape index (κ3) is 4.03. The molecule has 0 saturated heterocycles. The molecule has 1 amide bonds. The van der Waals surface area contributed by atoms with Crippen LogP contribution in [0.3, 0.4) is 0 Å². The van der Waals surface area contributed by atoms with Crippen LogP contribution in [0.2, 0.25) is 0 Å². The van der Waals surface area contributed by atoms with Crippen LogP contribution in [-0.2, 0) is 0 Å². The van der Waals surface area contributed by atoms with Gasteiger partial charge in [0.15, 0.2) is 0 Å². The third-order valence-corrected chi connectivity index (χ3v) is 3.98. The van der Waals surface area contributed by atoms with E-state index in [1.807, 2.05) is 32.0 Å². The molecule has 3 aromatic rings. The van der Waals surface area contributed by atoms with Gasteiger partial charge in [-0.15, -0.1) is 0 Å². The van der Waals surface area contributed by atoms with Crippen molar-refractivity contribution in [3.8, 4) is 0 Å². The molecule has 0 saturated carbocycles. The van der Waals surface area contributed by atoms with Crippen LogP contribution < -0.4 is 10.6 Å². The van der Waals surface area contributed by atoms with Crippen molar-refractivity contribution in [1.82, 2.24) is 4.98 Å². The molecule has 0 aliphatic heterocycles. The topological polar surface area (TPSA) is 54.0 Å². The molecule has 0 aliphatic carbocycles. The van der Waals surface area contributed by atoms with Crippen molar-refractivity contribution < 1.29 is 13.6 Å². The highest BCUT2D eigenvalue weighted by Gasteiger charge is 2.09. The highest BCUT2D eigenvalue weighted by atomic mass is 19.1. The number of carbonyl (C=O) groups excluding carboxylic acids is 1. The maximum absolute atomic E-state index is 13.7. The van der Waals surface area contributed by atoms with Crippen molar-refractivity contribution in [2.45, 2.75) is 13.8 Å². The number of pyridine rings is 1. The summed E-state index contributed by atoms with van der Waals surface area (Å²) in [6.45, 7) is 3.97. The second-order valence-corrected chi connectivity index (χ2v) is 5.93. The van der Waals surface area contributed by atoms with Crippen molar-refractivity contribution in [2.75, 3.05) is 10.6 Å². The number of hydrogen-bond donors (Lipinski definition) is 2. The number of nitrogens with zero attached hydrogens (tertiary/aromatic N) is 1. The first-order valence-corrected chi connectivity index (χ1v) is 7.99. The second kappa shape index (κ2) is 7.31. The second-order valence-electron chi connectivity index (χ2n) is 5.93. The number of anilines is 3. The van der Waals surface area contributed by atoms with Crippen LogP contribution in [0.5, 0.6) is 0 Å². The van der Waals surface area contributed by atoms with Crippen LogP contribution in [0.25, 0.3) is 0 Å². The molecule has 1 heterocycles. The summed E-state index contributed by atoms with van der Waals surface area (Å²) in [7, 11) is 0. The predicted molar refractivity (Wildman–Crippen MR) is 97.7 cm³/mol. The first kappa shape index (κ1) is 17.5. The number of rotatable bonds is 4. The van der Waals surface area contributed by atoms with Crippen LogP contribution >= 0.6 is 0 Å². The van der Waals surface area contributed by atoms with Crippen LogP contribution in [0.15, 0.2) is 54.7 Å². The average Bonchev–Trinajstić information content (AvgIpc) is 2.61. The van der Waals surface area contributed by atoms with E-state index in [1.165, 1.54) is 12.3 Å². The van der Waals surface area contributed by atoms with Crippen LogP contribution in [-0.4, -0.2) is 10.9 Å². The molecule has 132 valence electrons. The molecular weight excluding hydrogens is 336 g/mol. The molecular formula is C20H17F2N3O. The van der Waals surface area contributed by atoms with E-state index < -0.39 is 11.6 Å². The number of hydrogen-bond acceptors (Lipinski definition) is 3. The van der Waals surface area contributed by atoms with Gasteiger partial charge in [0.25, 0.3) is 5.91 Å². The van der Waals surface area contributed by atoms with Gasteiger partial charge < -0.3 is 10.6 Å². The minimum atomic E-state index is -0.719. The lowest BCUT2D eigenvalue weighted by Gasteiger charge is -2.09. The Hall–Kier alpha value is -3.28. The first-order chi connectivity index (χ1) is 12.4. The van der Waals surface area contributed by atoms with Gasteiger partial charge in [0.05, 0.1) is 11.3 Å². The molecule has 0 aliphatic rings. The molecule has 0 fully saturated rings. The molecule has 0 spiro atoms. The van der Waals surface area contributed by atoms with Gasteiger partial charge in [0.1, 0.15) is 17.5 Å². The van der Waals surface area contributed by atoms with Crippen LogP contribution in [0, 0.1) is 25.5 Å². The van der Waals surface area contributed by atoms with Gasteiger partial charge in [-0.25, -0.2) is 13.8 Å². The molecule has 0 radical (unpaired) electrons. The molecule has 0 atom stereocenters. The Morgan fingerprint density at radius 3 is 2.42 bits per heavy atom. The summed E-state index contributed by atoms with van der Waals surface area (Å²) in [6.07, 6.45) is 1.39. The fraction of sp³-hybridized carbons (Fsp3) is 0.100. The summed E-state index contributed by atoms with van der Waals surface area (Å²) < 4.78 is 26.6. The third-order valence-electron chi connectivity index (χ3n) is 3.98. The minimum absolute atomic E-state index is 0.103. The summed E-state index contributed by atoms with van der Waals surface area (Å²) in [5.74, 6) is -1.32. The lowest BCUT2D eigenvalue weighted by atomic mass is 10.1. The maximum atomic E-state index is 13.7. The van der Waals surface area contributed by atoms with Gasteiger partial charge in [-0.2, -0.15) is 0 Å². The van der Waals surface area contributed by atoms with E-state index in [-0.39, 0.29) is 11.6 Å². The van der Waals surface area contributed by atoms with E-state index in [9.17, 15) is 13.6 Å². The van der Waals surface area contributed by atoms with Crippen molar-refractivity contribution in [2.24, 2.45) is 0 Å². The lowest BCUT2D eigenvalue weighted by molar-refractivity contribution is 0.102. The molecule has 1 aromatic heterocycles. The molecule has 26 heavy (non-hydrogen) atoms. The number of benzene rings is 2. The van der Waals surface area contributed by atoms with Gasteiger partial charge in [-0.1, -0.05) is 6.07 Å². The summed E-state index contributed by atoms with van der Waals surface area (Å²) >= 11 is 0. The zero-order valence-corrected chi connectivity index (χ0v) is 14.3. The number of aryl methyl sites for hydroxylation is 2. The fourth-order valence-corrected chi connectivity index (χ4v) is 2.35. The summed E-state index contributed by atoms with van der Waals surface area (Å²) in [6, 6.07) is 12.0. The Kier molecular flexibility index (Phi) is 4.93. The van der Waals surface area contributed by atoms with E-state index in [0.717, 1.165) is 23.3 Å². The number of nitrogens with one attached hydrogen (secondary N) is 2. The zero-order chi connectivity index (χ0) is 18.7. The Balaban J connectivity index is 1.70. The quantitative estimate of drug-likeness (QED) is 0.696. The normalized spacial score (nSPS) is 10.5. The number of aromatic nitrogens is 1. The molecule has 2 N–H and O–H groups in total. The smallest absolute Gasteiger partial charge is 0.257 e. The zero-order valence-electron chi connectivity index (χ0n) is 14.3. The van der Waals surface area contributed by atoms with E-state index >= 15 is 0 Å². The minimum Gasteiger partial charge on any atom is -0.338 e. The number of halogens is 2. The van der Waals surface area contributed by atoms with Crippen molar-refractivity contribution >= 4 is 23.1 Å². The SMILES string of the molecule is Cc1ccc(NC(=O)c2ccc(Nc3ccc(F)cc3F)nc2)cc1C. The Morgan fingerprint density at radius 1 is 0.962 bits per heavy atom.